The van der Waals surface area contributed by atoms with Crippen molar-refractivity contribution >= 4 is 18.5 Å². The summed E-state index contributed by atoms with van der Waals surface area (Å²) in [6.07, 6.45) is 1.05. The van der Waals surface area contributed by atoms with Crippen LogP contribution in [0, 0.1) is 0 Å². The molecule has 0 heterocycles. The van der Waals surface area contributed by atoms with Gasteiger partial charge in [0.15, 0.2) is 0 Å². The molecule has 0 aliphatic carbocycles. The minimum Gasteiger partial charge on any atom is -0.658 e. The van der Waals surface area contributed by atoms with Crippen molar-refractivity contribution in [3.8, 4) is 0 Å². The second-order valence-corrected chi connectivity index (χ2v) is 7.72. The van der Waals surface area contributed by atoms with E-state index in [1.165, 1.54) is 16.2 Å². The van der Waals surface area contributed by atoms with Crippen molar-refractivity contribution < 1.29 is 18.9 Å². The molecule has 0 aromatic heterocycles. The van der Waals surface area contributed by atoms with Crippen LogP contribution in [-0.4, -0.2) is 13.2 Å². The third-order valence-electron chi connectivity index (χ3n) is 3.99. The topological polar surface area (TPSA) is 14.1 Å². The first-order valence-corrected chi connectivity index (χ1v) is 9.42. The molecule has 0 saturated heterocycles. The third-order valence-corrected chi connectivity index (χ3v) is 6.54. The van der Waals surface area contributed by atoms with Gasteiger partial charge in [-0.25, -0.2) is 0 Å². The summed E-state index contributed by atoms with van der Waals surface area (Å²) in [5.74, 6) is 0. The Morgan fingerprint density at radius 3 is 1.54 bits per heavy atom. The molecule has 0 amide bonds. The predicted molar refractivity (Wildman–Crippen MR) is 102 cm³/mol. The van der Waals surface area contributed by atoms with Crippen LogP contribution in [0.5, 0.6) is 0 Å². The van der Waals surface area contributed by atoms with E-state index in [0.29, 0.717) is 0 Å². The zero-order valence-corrected chi connectivity index (χ0v) is 15.2. The summed E-state index contributed by atoms with van der Waals surface area (Å²) >= 11 is 0. The van der Waals surface area contributed by atoms with E-state index in [-0.39, 0.29) is 24.9 Å². The Balaban J connectivity index is 0.00000208. The van der Waals surface area contributed by atoms with Gasteiger partial charge >= 0.3 is 18.9 Å². The van der Waals surface area contributed by atoms with E-state index in [1.54, 1.807) is 0 Å². The molecule has 0 fully saturated rings. The van der Waals surface area contributed by atoms with Gasteiger partial charge in [-0.2, -0.15) is 7.05 Å². The first-order valence-electron chi connectivity index (χ1n) is 7.90. The number of hydrogen-bond donors (Lipinski definition) is 0. The van der Waals surface area contributed by atoms with Gasteiger partial charge in [-0.3, -0.25) is 0 Å². The SMILES string of the molecule is C[N-][C@H](CP(c1ccccc1)c1ccccc1)c1ccccc1.[Li+]. The summed E-state index contributed by atoms with van der Waals surface area (Å²) < 4.78 is 0. The van der Waals surface area contributed by atoms with Gasteiger partial charge in [0.25, 0.3) is 0 Å². The Kier molecular flexibility index (Phi) is 7.77. The van der Waals surface area contributed by atoms with Crippen LogP contribution in [0.15, 0.2) is 91.0 Å². The van der Waals surface area contributed by atoms with E-state index in [9.17, 15) is 0 Å². The average Bonchev–Trinajstić information content (AvgIpc) is 2.65. The molecule has 3 aromatic rings. The van der Waals surface area contributed by atoms with Crippen LogP contribution in [0.25, 0.3) is 5.32 Å². The Bertz CT molecular complexity index is 664. The summed E-state index contributed by atoms with van der Waals surface area (Å²) in [5, 5.41) is 7.50. The molecule has 1 nitrogen and oxygen atoms in total. The molecule has 0 unspecified atom stereocenters. The summed E-state index contributed by atoms with van der Waals surface area (Å²) in [4.78, 5) is 0. The van der Waals surface area contributed by atoms with Crippen LogP contribution >= 0.6 is 7.92 Å². The fourth-order valence-corrected chi connectivity index (χ4v) is 5.26. The van der Waals surface area contributed by atoms with Gasteiger partial charge in [0.2, 0.25) is 0 Å². The van der Waals surface area contributed by atoms with Gasteiger partial charge in [-0.15, -0.1) is 6.04 Å². The number of benzene rings is 3. The molecule has 3 aromatic carbocycles. The molecule has 0 N–H and O–H groups in total. The molecule has 3 rings (SSSR count). The molecular weight excluding hydrogens is 304 g/mol. The molecule has 0 aliphatic heterocycles. The van der Waals surface area contributed by atoms with E-state index in [1.807, 2.05) is 7.05 Å². The predicted octanol–water partition coefficient (Wildman–Crippen LogP) is 1.87. The molecule has 1 atom stereocenters. The summed E-state index contributed by atoms with van der Waals surface area (Å²) in [5.41, 5.74) is 1.30. The van der Waals surface area contributed by atoms with Crippen molar-refractivity contribution in [1.82, 2.24) is 0 Å². The van der Waals surface area contributed by atoms with Gasteiger partial charge in [-0.05, 0) is 24.7 Å². The Labute approximate surface area is 158 Å². The molecule has 24 heavy (non-hydrogen) atoms. The van der Waals surface area contributed by atoms with E-state index >= 15 is 0 Å². The van der Waals surface area contributed by atoms with Crippen molar-refractivity contribution in [3.63, 3.8) is 0 Å². The minimum atomic E-state index is -0.413. The van der Waals surface area contributed by atoms with Gasteiger partial charge in [0.05, 0.1) is 0 Å². The van der Waals surface area contributed by atoms with Crippen LogP contribution in [0.1, 0.15) is 11.6 Å². The van der Waals surface area contributed by atoms with Crippen LogP contribution < -0.4 is 29.5 Å². The minimum absolute atomic E-state index is 0. The fourth-order valence-electron chi connectivity index (χ4n) is 2.76. The molecule has 116 valence electrons. The molecule has 3 heteroatoms. The van der Waals surface area contributed by atoms with Crippen LogP contribution in [0.4, 0.5) is 0 Å². The average molecular weight is 325 g/mol. The van der Waals surface area contributed by atoms with Crippen molar-refractivity contribution in [2.45, 2.75) is 6.04 Å². The Morgan fingerprint density at radius 2 is 1.12 bits per heavy atom. The van der Waals surface area contributed by atoms with Crippen molar-refractivity contribution in [2.24, 2.45) is 0 Å². The first kappa shape index (κ1) is 19.0. The summed E-state index contributed by atoms with van der Waals surface area (Å²) in [6.45, 7) is 0. The summed E-state index contributed by atoms with van der Waals surface area (Å²) in [6, 6.07) is 32.5. The fraction of sp³-hybridized carbons (Fsp3) is 0.143. The number of rotatable bonds is 6. The maximum Gasteiger partial charge on any atom is 1.00 e. The zero-order chi connectivity index (χ0) is 15.9. The molecule has 0 radical (unpaired) electrons. The van der Waals surface area contributed by atoms with E-state index in [0.717, 1.165) is 6.16 Å². The smallest absolute Gasteiger partial charge is 0.658 e. The van der Waals surface area contributed by atoms with E-state index < -0.39 is 7.92 Å². The van der Waals surface area contributed by atoms with Gasteiger partial charge in [-0.1, -0.05) is 96.6 Å². The van der Waals surface area contributed by atoms with Crippen molar-refractivity contribution in [1.29, 1.82) is 0 Å². The van der Waals surface area contributed by atoms with Crippen LogP contribution in [0.2, 0.25) is 0 Å². The van der Waals surface area contributed by atoms with Gasteiger partial charge in [0.1, 0.15) is 0 Å². The van der Waals surface area contributed by atoms with E-state index in [4.69, 9.17) is 0 Å². The molecule has 0 aliphatic rings. The second-order valence-electron chi connectivity index (χ2n) is 5.47. The number of hydrogen-bond acceptors (Lipinski definition) is 0. The Hall–Kier alpha value is -1.35. The molecular formula is C21H21LiNP. The normalized spacial score (nSPS) is 11.8. The first-order chi connectivity index (χ1) is 11.4. The molecule has 0 bridgehead atoms. The standard InChI is InChI=1S/C21H21NP.Li/c1-22-21(18-11-5-2-6-12-18)17-23(19-13-7-3-8-14-19)20-15-9-4-10-16-20;/h2-16,21H,17H2,1H3;/q-1;+1/t21-;/m1./s1. The summed E-state index contributed by atoms with van der Waals surface area (Å²) in [7, 11) is 1.52. The van der Waals surface area contributed by atoms with Gasteiger partial charge < -0.3 is 5.32 Å². The van der Waals surface area contributed by atoms with Crippen LogP contribution in [0.3, 0.4) is 0 Å². The van der Waals surface area contributed by atoms with E-state index in [2.05, 4.69) is 96.3 Å². The van der Waals surface area contributed by atoms with Crippen LogP contribution in [-0.2, 0) is 0 Å². The van der Waals surface area contributed by atoms with Crippen molar-refractivity contribution in [3.05, 3.63) is 102 Å². The maximum atomic E-state index is 4.67. The largest absolute Gasteiger partial charge is 1.00 e. The maximum absolute atomic E-state index is 4.67. The Morgan fingerprint density at radius 1 is 0.708 bits per heavy atom. The third kappa shape index (κ3) is 4.82. The monoisotopic (exact) mass is 325 g/mol. The van der Waals surface area contributed by atoms with Gasteiger partial charge in [0, 0.05) is 0 Å². The second kappa shape index (κ2) is 9.83. The quantitative estimate of drug-likeness (QED) is 0.485. The molecule has 0 spiro atoms. The zero-order valence-electron chi connectivity index (χ0n) is 14.3. The van der Waals surface area contributed by atoms with Crippen molar-refractivity contribution in [2.75, 3.05) is 13.2 Å². The molecule has 0 saturated carbocycles. The number of nitrogens with zero attached hydrogens (tertiary/aromatic N) is 1.